The van der Waals surface area contributed by atoms with E-state index in [0.717, 1.165) is 28.7 Å². The van der Waals surface area contributed by atoms with Gasteiger partial charge < -0.3 is 14.6 Å². The van der Waals surface area contributed by atoms with E-state index in [2.05, 4.69) is 6.07 Å². The maximum Gasteiger partial charge on any atom is 0.306 e. The normalized spacial score (nSPS) is 17.1. The van der Waals surface area contributed by atoms with Crippen LogP contribution in [0.25, 0.3) is 11.1 Å². The number of rotatable bonds is 6. The number of hydrogen-bond donors (Lipinski definition) is 1. The summed E-state index contributed by atoms with van der Waals surface area (Å²) >= 11 is 0. The summed E-state index contributed by atoms with van der Waals surface area (Å²) in [6.07, 6.45) is 5.63. The number of ether oxygens (including phenoxy) is 2. The van der Waals surface area contributed by atoms with Crippen molar-refractivity contribution >= 4 is 5.97 Å². The molecule has 2 aliphatic rings. The van der Waals surface area contributed by atoms with Crippen LogP contribution in [0.4, 0.5) is 4.39 Å². The Bertz CT molecular complexity index is 1130. The highest BCUT2D eigenvalue weighted by Crippen LogP contribution is 2.33. The molecular formula is C29H31FO4. The van der Waals surface area contributed by atoms with Gasteiger partial charge in [-0.2, -0.15) is 0 Å². The molecule has 1 aliphatic heterocycles. The topological polar surface area (TPSA) is 55.8 Å². The van der Waals surface area contributed by atoms with Gasteiger partial charge in [0.2, 0.25) is 0 Å². The predicted octanol–water partition coefficient (Wildman–Crippen LogP) is 6.75. The summed E-state index contributed by atoms with van der Waals surface area (Å²) in [5.41, 5.74) is 5.66. The van der Waals surface area contributed by atoms with Crippen molar-refractivity contribution in [1.82, 2.24) is 0 Å². The smallest absolute Gasteiger partial charge is 0.306 e. The molecule has 3 aromatic carbocycles. The lowest BCUT2D eigenvalue weighted by Crippen LogP contribution is -2.17. The fourth-order valence-electron chi connectivity index (χ4n) is 3.97. The van der Waals surface area contributed by atoms with Crippen LogP contribution >= 0.6 is 0 Å². The van der Waals surface area contributed by atoms with Crippen molar-refractivity contribution in [2.45, 2.75) is 51.7 Å². The Hall–Kier alpha value is -3.18. The van der Waals surface area contributed by atoms with Crippen LogP contribution < -0.4 is 4.74 Å². The van der Waals surface area contributed by atoms with Crippen molar-refractivity contribution in [2.75, 3.05) is 7.11 Å². The first-order valence-electron chi connectivity index (χ1n) is 11.8. The maximum absolute atomic E-state index is 14.3. The molecule has 3 aromatic rings. The monoisotopic (exact) mass is 462 g/mol. The Morgan fingerprint density at radius 1 is 1.06 bits per heavy atom. The fraction of sp³-hybridized carbons (Fsp3) is 0.345. The molecule has 34 heavy (non-hydrogen) atoms. The lowest BCUT2D eigenvalue weighted by Gasteiger charge is -2.26. The van der Waals surface area contributed by atoms with Crippen molar-refractivity contribution in [1.29, 1.82) is 0 Å². The number of aliphatic carboxylic acids is 1. The summed E-state index contributed by atoms with van der Waals surface area (Å²) in [5, 5.41) is 9.17. The minimum absolute atomic E-state index is 0.0937. The molecule has 0 aromatic heterocycles. The summed E-state index contributed by atoms with van der Waals surface area (Å²) in [4.78, 5) is 11.2. The minimum Gasteiger partial charge on any atom is -0.497 e. The Morgan fingerprint density at radius 3 is 2.44 bits per heavy atom. The molecule has 178 valence electrons. The molecule has 0 radical (unpaired) electrons. The summed E-state index contributed by atoms with van der Waals surface area (Å²) in [6, 6.07) is 18.6. The van der Waals surface area contributed by atoms with Crippen molar-refractivity contribution in [2.24, 2.45) is 5.92 Å². The fourth-order valence-corrected chi connectivity index (χ4v) is 3.97. The van der Waals surface area contributed by atoms with E-state index in [-0.39, 0.29) is 11.9 Å². The first-order valence-corrected chi connectivity index (χ1v) is 11.8. The highest BCUT2D eigenvalue weighted by Gasteiger charge is 2.22. The van der Waals surface area contributed by atoms with Gasteiger partial charge in [0, 0.05) is 12.0 Å². The lowest BCUT2D eigenvalue weighted by molar-refractivity contribution is -0.141. The molecule has 0 spiro atoms. The van der Waals surface area contributed by atoms with Gasteiger partial charge in [0.15, 0.2) is 0 Å². The SMILES string of the molecule is C1CC1.COc1ccc(F)c(-c2ccc(C3Cc4cc(CC(C)C(=O)O)ccc4CO3)cc2)c1. The number of fused-ring (bicyclic) bond motifs is 1. The molecule has 5 rings (SSSR count). The number of hydrogen-bond acceptors (Lipinski definition) is 3. The molecule has 5 heteroatoms. The van der Waals surface area contributed by atoms with Gasteiger partial charge in [-0.3, -0.25) is 4.79 Å². The second-order valence-corrected chi connectivity index (χ2v) is 9.08. The van der Waals surface area contributed by atoms with Gasteiger partial charge in [-0.1, -0.05) is 68.7 Å². The Balaban J connectivity index is 0.000000846. The quantitative estimate of drug-likeness (QED) is 0.440. The van der Waals surface area contributed by atoms with Crippen molar-refractivity contribution in [3.05, 3.63) is 88.7 Å². The van der Waals surface area contributed by atoms with E-state index >= 15 is 0 Å². The van der Waals surface area contributed by atoms with Crippen LogP contribution in [0.3, 0.4) is 0 Å². The maximum atomic E-state index is 14.3. The summed E-state index contributed by atoms with van der Waals surface area (Å²) < 4.78 is 25.6. The molecule has 4 nitrogen and oxygen atoms in total. The molecule has 1 N–H and O–H groups in total. The van der Waals surface area contributed by atoms with Crippen molar-refractivity contribution < 1.29 is 23.8 Å². The molecule has 0 bridgehead atoms. The van der Waals surface area contributed by atoms with E-state index in [9.17, 15) is 14.3 Å². The summed E-state index contributed by atoms with van der Waals surface area (Å²) in [5.74, 6) is -0.884. The van der Waals surface area contributed by atoms with E-state index in [0.29, 0.717) is 24.3 Å². The molecule has 0 saturated heterocycles. The van der Waals surface area contributed by atoms with E-state index in [1.54, 1.807) is 26.2 Å². The van der Waals surface area contributed by atoms with Crippen LogP contribution in [0.2, 0.25) is 0 Å². The molecule has 2 atom stereocenters. The molecule has 1 saturated carbocycles. The van der Waals surface area contributed by atoms with Gasteiger partial charge in [0.25, 0.3) is 0 Å². The average Bonchev–Trinajstić information content (AvgIpc) is 3.74. The van der Waals surface area contributed by atoms with Gasteiger partial charge in [-0.05, 0) is 52.4 Å². The number of carboxylic acid groups (broad SMARTS) is 1. The first-order chi connectivity index (χ1) is 16.4. The van der Waals surface area contributed by atoms with Gasteiger partial charge >= 0.3 is 5.97 Å². The van der Waals surface area contributed by atoms with Crippen LogP contribution in [0.1, 0.15) is 54.5 Å². The zero-order valence-corrected chi connectivity index (χ0v) is 19.7. The number of carboxylic acids is 1. The van der Waals surface area contributed by atoms with Crippen LogP contribution in [0.5, 0.6) is 5.75 Å². The Morgan fingerprint density at radius 2 is 1.79 bits per heavy atom. The molecular weight excluding hydrogens is 431 g/mol. The van der Waals surface area contributed by atoms with Crippen molar-refractivity contribution in [3.63, 3.8) is 0 Å². The first kappa shape index (κ1) is 24.0. The standard InChI is InChI=1S/C26H25FO4.C3H6/c1-16(26(28)29)11-17-3-4-20-15-31-25(13-21(20)12-17)19-7-5-18(6-8-19)23-14-22(30-2)9-10-24(23)27;1-2-3-1/h3-10,12,14,16,25H,11,13,15H2,1-2H3,(H,28,29);1-3H2. The zero-order chi connectivity index (χ0) is 24.1. The highest BCUT2D eigenvalue weighted by molar-refractivity contribution is 5.70. The third kappa shape index (κ3) is 6.03. The molecule has 1 fully saturated rings. The lowest BCUT2D eigenvalue weighted by atomic mass is 9.91. The van der Waals surface area contributed by atoms with E-state index in [4.69, 9.17) is 9.47 Å². The van der Waals surface area contributed by atoms with Crippen LogP contribution in [0, 0.1) is 11.7 Å². The predicted molar refractivity (Wildman–Crippen MR) is 130 cm³/mol. The van der Waals surface area contributed by atoms with Crippen LogP contribution in [0.15, 0.2) is 60.7 Å². The summed E-state index contributed by atoms with van der Waals surface area (Å²) in [6.45, 7) is 2.24. The number of methoxy groups -OCH3 is 1. The molecule has 1 aliphatic carbocycles. The van der Waals surface area contributed by atoms with Crippen LogP contribution in [-0.2, 0) is 29.0 Å². The molecule has 0 amide bonds. The molecule has 2 unspecified atom stereocenters. The second-order valence-electron chi connectivity index (χ2n) is 9.08. The zero-order valence-electron chi connectivity index (χ0n) is 19.7. The summed E-state index contributed by atoms with van der Waals surface area (Å²) in [7, 11) is 1.56. The Kier molecular flexibility index (Phi) is 7.63. The van der Waals surface area contributed by atoms with E-state index in [1.165, 1.54) is 30.9 Å². The van der Waals surface area contributed by atoms with Gasteiger partial charge in [-0.15, -0.1) is 0 Å². The number of benzene rings is 3. The number of halogens is 1. The second kappa shape index (κ2) is 10.8. The third-order valence-corrected chi connectivity index (χ3v) is 6.20. The molecule has 1 heterocycles. The van der Waals surface area contributed by atoms with E-state index < -0.39 is 11.9 Å². The van der Waals surface area contributed by atoms with Crippen molar-refractivity contribution in [3.8, 4) is 16.9 Å². The van der Waals surface area contributed by atoms with Gasteiger partial charge in [-0.25, -0.2) is 4.39 Å². The Labute approximate surface area is 200 Å². The van der Waals surface area contributed by atoms with Gasteiger partial charge in [0.1, 0.15) is 11.6 Å². The van der Waals surface area contributed by atoms with Gasteiger partial charge in [0.05, 0.1) is 25.7 Å². The average molecular weight is 463 g/mol. The minimum atomic E-state index is -0.786. The largest absolute Gasteiger partial charge is 0.497 e. The van der Waals surface area contributed by atoms with Crippen LogP contribution in [-0.4, -0.2) is 18.2 Å². The third-order valence-electron chi connectivity index (χ3n) is 6.20. The number of carbonyl (C=O) groups is 1. The van der Waals surface area contributed by atoms with E-state index in [1.807, 2.05) is 36.4 Å². The highest BCUT2D eigenvalue weighted by atomic mass is 19.1.